The van der Waals surface area contributed by atoms with Gasteiger partial charge in [-0.2, -0.15) is 0 Å². The van der Waals surface area contributed by atoms with E-state index in [1.165, 1.54) is 6.33 Å². The number of hydrogen-bond donors (Lipinski definition) is 5. The van der Waals surface area contributed by atoms with Crippen LogP contribution in [0.5, 0.6) is 0 Å². The maximum Gasteiger partial charge on any atom is 0.488 e. The molecule has 25 heavy (non-hydrogen) atoms. The van der Waals surface area contributed by atoms with Crippen LogP contribution in [0.2, 0.25) is 0 Å². The average Bonchev–Trinajstić information content (AvgIpc) is 2.61. The number of fused-ring (bicyclic) bond motifs is 1. The van der Waals surface area contributed by atoms with Crippen LogP contribution in [-0.2, 0) is 11.3 Å². The highest BCUT2D eigenvalue weighted by Crippen LogP contribution is 2.23. The molecule has 0 bridgehead atoms. The first kappa shape index (κ1) is 18.2. The summed E-state index contributed by atoms with van der Waals surface area (Å²) < 4.78 is 0. The Hall–Kier alpha value is -3.17. The van der Waals surface area contributed by atoms with Gasteiger partial charge in [-0.1, -0.05) is 30.3 Å². The van der Waals surface area contributed by atoms with Gasteiger partial charge in [-0.05, 0) is 23.2 Å². The molecular weight excluding hydrogens is 323 g/mol. The number of benzene rings is 2. The minimum atomic E-state index is -1.45. The Balaban J connectivity index is 0.000000701. The Bertz CT molecular complexity index is 843. The van der Waals surface area contributed by atoms with Gasteiger partial charge in [0.2, 0.25) is 0 Å². The molecule has 9 heteroatoms. The number of carboxylic acid groups (broad SMARTS) is 1. The summed E-state index contributed by atoms with van der Waals surface area (Å²) in [7, 11) is -1.45. The van der Waals surface area contributed by atoms with Gasteiger partial charge >= 0.3 is 7.12 Å². The second-order valence-electron chi connectivity index (χ2n) is 5.04. The third-order valence-electron chi connectivity index (χ3n) is 3.43. The van der Waals surface area contributed by atoms with Gasteiger partial charge in [-0.15, -0.1) is 0 Å². The molecule has 0 unspecified atom stereocenters. The van der Waals surface area contributed by atoms with Gasteiger partial charge in [0.05, 0.1) is 11.2 Å². The molecule has 0 aliphatic heterocycles. The molecule has 3 aromatic rings. The number of nitrogens with zero attached hydrogens (tertiary/aromatic N) is 2. The molecule has 0 fully saturated rings. The zero-order valence-electron chi connectivity index (χ0n) is 13.2. The van der Waals surface area contributed by atoms with Crippen molar-refractivity contribution in [2.24, 2.45) is 0 Å². The molecule has 6 N–H and O–H groups in total. The first-order chi connectivity index (χ1) is 12.1. The highest BCUT2D eigenvalue weighted by atomic mass is 16.4. The minimum Gasteiger partial charge on any atom is -0.483 e. The predicted molar refractivity (Wildman–Crippen MR) is 96.2 cm³/mol. The molecule has 0 aliphatic rings. The fourth-order valence-corrected chi connectivity index (χ4v) is 2.24. The van der Waals surface area contributed by atoms with Crippen LogP contribution in [0, 0.1) is 0 Å². The van der Waals surface area contributed by atoms with Crippen molar-refractivity contribution < 1.29 is 19.9 Å². The summed E-state index contributed by atoms with van der Waals surface area (Å²) in [6.45, 7) is 0.308. The first-order valence-corrected chi connectivity index (χ1v) is 7.32. The maximum absolute atomic E-state index is 9.08. The number of anilines is 2. The van der Waals surface area contributed by atoms with E-state index in [4.69, 9.17) is 25.7 Å². The standard InChI is InChI=1S/C15H15BN4O2.CH2O2/c17-13-3-1-2-12-14(13)19-9-20-15(12)18-8-10-4-6-11(7-5-10)16(21)22;2-1-3/h1-7,9,21-22H,8,17H2,(H,18,19,20);1H,(H,2,3). The monoisotopic (exact) mass is 340 g/mol. The summed E-state index contributed by atoms with van der Waals surface area (Å²) in [6, 6.07) is 12.6. The third-order valence-corrected chi connectivity index (χ3v) is 3.43. The Morgan fingerprint density at radius 2 is 1.80 bits per heavy atom. The number of aromatic nitrogens is 2. The van der Waals surface area contributed by atoms with Crippen LogP contribution in [-0.4, -0.2) is 38.7 Å². The van der Waals surface area contributed by atoms with Crippen molar-refractivity contribution in [2.75, 3.05) is 11.1 Å². The fourth-order valence-electron chi connectivity index (χ4n) is 2.24. The SMILES string of the molecule is Nc1cccc2c(NCc3ccc(B(O)O)cc3)ncnc12.O=CO. The summed E-state index contributed by atoms with van der Waals surface area (Å²) in [5.41, 5.74) is 8.71. The van der Waals surface area contributed by atoms with Crippen LogP contribution >= 0.6 is 0 Å². The molecule has 0 saturated carbocycles. The van der Waals surface area contributed by atoms with Crippen molar-refractivity contribution in [3.63, 3.8) is 0 Å². The zero-order chi connectivity index (χ0) is 18.2. The number of para-hydroxylation sites is 1. The Labute approximate surface area is 144 Å². The number of nitrogens with one attached hydrogen (secondary N) is 1. The van der Waals surface area contributed by atoms with Gasteiger partial charge in [-0.3, -0.25) is 4.79 Å². The van der Waals surface area contributed by atoms with Crippen LogP contribution < -0.4 is 16.5 Å². The predicted octanol–water partition coefficient (Wildman–Crippen LogP) is 0.205. The lowest BCUT2D eigenvalue weighted by Crippen LogP contribution is -2.29. The van der Waals surface area contributed by atoms with Crippen LogP contribution in [0.15, 0.2) is 48.8 Å². The smallest absolute Gasteiger partial charge is 0.483 e. The number of nitrogen functional groups attached to an aromatic ring is 1. The Kier molecular flexibility index (Phi) is 6.27. The summed E-state index contributed by atoms with van der Waals surface area (Å²) in [4.78, 5) is 16.8. The van der Waals surface area contributed by atoms with Crippen molar-refractivity contribution >= 4 is 41.5 Å². The number of hydrogen-bond acceptors (Lipinski definition) is 7. The van der Waals surface area contributed by atoms with E-state index in [1.807, 2.05) is 24.3 Å². The van der Waals surface area contributed by atoms with Gasteiger partial charge in [0.15, 0.2) is 0 Å². The molecule has 0 spiro atoms. The molecule has 3 rings (SSSR count). The van der Waals surface area contributed by atoms with E-state index in [-0.39, 0.29) is 6.47 Å². The normalized spacial score (nSPS) is 9.84. The topological polar surface area (TPSA) is 142 Å². The maximum atomic E-state index is 9.08. The molecule has 1 heterocycles. The van der Waals surface area contributed by atoms with E-state index < -0.39 is 7.12 Å². The van der Waals surface area contributed by atoms with Crippen molar-refractivity contribution in [1.29, 1.82) is 0 Å². The molecule has 1 aromatic heterocycles. The molecule has 2 aromatic carbocycles. The van der Waals surface area contributed by atoms with Crippen molar-refractivity contribution in [1.82, 2.24) is 9.97 Å². The Morgan fingerprint density at radius 3 is 2.44 bits per heavy atom. The molecule has 0 radical (unpaired) electrons. The zero-order valence-corrected chi connectivity index (χ0v) is 13.2. The van der Waals surface area contributed by atoms with Gasteiger partial charge in [0.1, 0.15) is 12.1 Å². The molecule has 0 saturated heterocycles. The second-order valence-corrected chi connectivity index (χ2v) is 5.04. The molecule has 0 atom stereocenters. The minimum absolute atomic E-state index is 0.250. The third kappa shape index (κ3) is 4.66. The van der Waals surface area contributed by atoms with E-state index in [0.717, 1.165) is 16.5 Å². The average molecular weight is 340 g/mol. The summed E-state index contributed by atoms with van der Waals surface area (Å²) >= 11 is 0. The Morgan fingerprint density at radius 1 is 1.12 bits per heavy atom. The number of rotatable bonds is 4. The van der Waals surface area contributed by atoms with E-state index in [9.17, 15) is 0 Å². The van der Waals surface area contributed by atoms with E-state index in [2.05, 4.69) is 15.3 Å². The lowest BCUT2D eigenvalue weighted by molar-refractivity contribution is -0.122. The quantitative estimate of drug-likeness (QED) is 0.258. The van der Waals surface area contributed by atoms with Crippen LogP contribution in [0.4, 0.5) is 11.5 Å². The van der Waals surface area contributed by atoms with Crippen LogP contribution in [0.25, 0.3) is 10.9 Å². The van der Waals surface area contributed by atoms with Crippen molar-refractivity contribution in [3.8, 4) is 0 Å². The van der Waals surface area contributed by atoms with Gasteiger partial charge in [-0.25, -0.2) is 9.97 Å². The summed E-state index contributed by atoms with van der Waals surface area (Å²) in [5.74, 6) is 0.712. The lowest BCUT2D eigenvalue weighted by atomic mass is 9.80. The van der Waals surface area contributed by atoms with E-state index in [1.54, 1.807) is 18.2 Å². The van der Waals surface area contributed by atoms with Gasteiger partial charge < -0.3 is 26.2 Å². The van der Waals surface area contributed by atoms with E-state index in [0.29, 0.717) is 23.5 Å². The first-order valence-electron chi connectivity index (χ1n) is 7.32. The molecule has 0 amide bonds. The van der Waals surface area contributed by atoms with Crippen molar-refractivity contribution in [3.05, 3.63) is 54.4 Å². The fraction of sp³-hybridized carbons (Fsp3) is 0.0625. The lowest BCUT2D eigenvalue weighted by Gasteiger charge is -2.09. The number of nitrogens with two attached hydrogens (primary N) is 1. The number of carbonyl (C=O) groups is 1. The molecule has 0 aliphatic carbocycles. The highest BCUT2D eigenvalue weighted by Gasteiger charge is 2.10. The van der Waals surface area contributed by atoms with E-state index >= 15 is 0 Å². The largest absolute Gasteiger partial charge is 0.488 e. The van der Waals surface area contributed by atoms with Crippen LogP contribution in [0.1, 0.15) is 5.56 Å². The highest BCUT2D eigenvalue weighted by molar-refractivity contribution is 6.58. The summed E-state index contributed by atoms with van der Waals surface area (Å²) in [6.07, 6.45) is 1.48. The van der Waals surface area contributed by atoms with Crippen molar-refractivity contribution in [2.45, 2.75) is 6.54 Å². The molecular formula is C16H17BN4O4. The molecule has 8 nitrogen and oxygen atoms in total. The van der Waals surface area contributed by atoms with Crippen LogP contribution in [0.3, 0.4) is 0 Å². The summed E-state index contributed by atoms with van der Waals surface area (Å²) in [5, 5.41) is 29.2. The second kappa shape index (κ2) is 8.62. The van der Waals surface area contributed by atoms with Gasteiger partial charge in [0, 0.05) is 11.9 Å². The van der Waals surface area contributed by atoms with Gasteiger partial charge in [0.25, 0.3) is 6.47 Å². The molecule has 128 valence electrons.